The zero-order valence-corrected chi connectivity index (χ0v) is 16.5. The maximum absolute atomic E-state index is 12.6. The molecule has 0 heterocycles. The second kappa shape index (κ2) is 8.91. The van der Waals surface area contributed by atoms with Crippen LogP contribution in [-0.2, 0) is 21.2 Å². The molecule has 0 saturated carbocycles. The minimum absolute atomic E-state index is 0.0354. The number of para-hydroxylation sites is 1. The maximum Gasteiger partial charge on any atom is 0.262 e. The van der Waals surface area contributed by atoms with Crippen molar-refractivity contribution in [2.45, 2.75) is 17.7 Å². The summed E-state index contributed by atoms with van der Waals surface area (Å²) in [7, 11) is -3.84. The molecule has 0 saturated heterocycles. The van der Waals surface area contributed by atoms with Crippen LogP contribution in [0.1, 0.15) is 12.0 Å². The number of sulfonamides is 1. The number of nitrogens with one attached hydrogen (secondary N) is 2. The third-order valence-electron chi connectivity index (χ3n) is 4.03. The molecule has 0 spiro atoms. The Morgan fingerprint density at radius 3 is 2.36 bits per heavy atom. The van der Waals surface area contributed by atoms with Crippen molar-refractivity contribution in [3.63, 3.8) is 0 Å². The molecule has 5 nitrogen and oxygen atoms in total. The van der Waals surface area contributed by atoms with Gasteiger partial charge in [0.25, 0.3) is 10.0 Å². The molecule has 0 unspecified atom stereocenters. The third-order valence-corrected chi connectivity index (χ3v) is 5.72. The van der Waals surface area contributed by atoms with Crippen LogP contribution in [0.25, 0.3) is 0 Å². The summed E-state index contributed by atoms with van der Waals surface area (Å²) in [5.74, 6) is -0.183. The highest BCUT2D eigenvalue weighted by atomic mass is 35.5. The number of carbonyl (C=O) groups is 1. The van der Waals surface area contributed by atoms with E-state index in [4.69, 9.17) is 11.6 Å². The molecule has 0 aromatic heterocycles. The molecule has 2 N–H and O–H groups in total. The lowest BCUT2D eigenvalue weighted by molar-refractivity contribution is -0.116. The van der Waals surface area contributed by atoms with Gasteiger partial charge in [0.2, 0.25) is 5.91 Å². The van der Waals surface area contributed by atoms with E-state index in [-0.39, 0.29) is 10.8 Å². The molecular formula is C21H19ClN2O3S. The van der Waals surface area contributed by atoms with E-state index in [0.29, 0.717) is 29.2 Å². The van der Waals surface area contributed by atoms with Gasteiger partial charge in [-0.2, -0.15) is 0 Å². The first-order valence-electron chi connectivity index (χ1n) is 8.65. The van der Waals surface area contributed by atoms with E-state index in [1.165, 1.54) is 12.1 Å². The minimum atomic E-state index is -3.84. The predicted octanol–water partition coefficient (Wildman–Crippen LogP) is 4.71. The minimum Gasteiger partial charge on any atom is -0.326 e. The number of carbonyl (C=O) groups excluding carboxylic acids is 1. The highest BCUT2D eigenvalue weighted by molar-refractivity contribution is 7.92. The molecule has 0 aliphatic rings. The van der Waals surface area contributed by atoms with Gasteiger partial charge in [0, 0.05) is 12.1 Å². The maximum atomic E-state index is 12.6. The van der Waals surface area contributed by atoms with Crippen LogP contribution in [0.15, 0.2) is 83.8 Å². The van der Waals surface area contributed by atoms with Crippen LogP contribution >= 0.6 is 11.6 Å². The Bertz CT molecular complexity index is 1070. The number of amides is 1. The SMILES string of the molecule is O=C(CCc1ccccc1)Nc1cccc(S(=O)(=O)Nc2ccccc2Cl)c1. The lowest BCUT2D eigenvalue weighted by atomic mass is 10.1. The monoisotopic (exact) mass is 414 g/mol. The molecule has 144 valence electrons. The molecule has 3 aromatic carbocycles. The first-order chi connectivity index (χ1) is 13.4. The third kappa shape index (κ3) is 5.34. The predicted molar refractivity (Wildman–Crippen MR) is 112 cm³/mol. The lowest BCUT2D eigenvalue weighted by Gasteiger charge is -2.11. The van der Waals surface area contributed by atoms with Gasteiger partial charge in [-0.3, -0.25) is 9.52 Å². The molecule has 28 heavy (non-hydrogen) atoms. The number of hydrogen-bond donors (Lipinski definition) is 2. The topological polar surface area (TPSA) is 75.3 Å². The fourth-order valence-corrected chi connectivity index (χ4v) is 3.98. The van der Waals surface area contributed by atoms with E-state index in [0.717, 1.165) is 5.56 Å². The van der Waals surface area contributed by atoms with Gasteiger partial charge in [-0.1, -0.05) is 60.1 Å². The zero-order valence-electron chi connectivity index (χ0n) is 14.9. The van der Waals surface area contributed by atoms with Crippen molar-refractivity contribution in [1.82, 2.24) is 0 Å². The van der Waals surface area contributed by atoms with Crippen LogP contribution < -0.4 is 10.0 Å². The molecular weight excluding hydrogens is 396 g/mol. The summed E-state index contributed by atoms with van der Waals surface area (Å²) in [6.45, 7) is 0. The average molecular weight is 415 g/mol. The van der Waals surface area contributed by atoms with Crippen LogP contribution in [0, 0.1) is 0 Å². The number of hydrogen-bond acceptors (Lipinski definition) is 3. The number of benzene rings is 3. The summed E-state index contributed by atoms with van der Waals surface area (Å²) in [6, 6.07) is 22.4. The summed E-state index contributed by atoms with van der Waals surface area (Å²) in [4.78, 5) is 12.2. The lowest BCUT2D eigenvalue weighted by Crippen LogP contribution is -2.15. The molecule has 3 rings (SSSR count). The van der Waals surface area contributed by atoms with Crippen molar-refractivity contribution >= 4 is 38.9 Å². The first-order valence-corrected chi connectivity index (χ1v) is 10.5. The highest BCUT2D eigenvalue weighted by Crippen LogP contribution is 2.25. The van der Waals surface area contributed by atoms with Crippen LogP contribution in [0.2, 0.25) is 5.02 Å². The molecule has 0 aliphatic heterocycles. The Kier molecular flexibility index (Phi) is 6.34. The molecule has 0 aliphatic carbocycles. The van der Waals surface area contributed by atoms with E-state index >= 15 is 0 Å². The van der Waals surface area contributed by atoms with E-state index in [2.05, 4.69) is 10.0 Å². The van der Waals surface area contributed by atoms with Gasteiger partial charge in [-0.15, -0.1) is 0 Å². The zero-order chi connectivity index (χ0) is 20.0. The number of aryl methyl sites for hydroxylation is 1. The van der Waals surface area contributed by atoms with E-state index in [9.17, 15) is 13.2 Å². The summed E-state index contributed by atoms with van der Waals surface area (Å²) in [5.41, 5.74) is 1.78. The van der Waals surface area contributed by atoms with Gasteiger partial charge < -0.3 is 5.32 Å². The van der Waals surface area contributed by atoms with Gasteiger partial charge in [0.15, 0.2) is 0 Å². The van der Waals surface area contributed by atoms with Crippen LogP contribution in [0.4, 0.5) is 11.4 Å². The quantitative estimate of drug-likeness (QED) is 0.587. The highest BCUT2D eigenvalue weighted by Gasteiger charge is 2.16. The normalized spacial score (nSPS) is 11.0. The van der Waals surface area contributed by atoms with Crippen molar-refractivity contribution < 1.29 is 13.2 Å². The molecule has 0 atom stereocenters. The summed E-state index contributed by atoms with van der Waals surface area (Å²) >= 11 is 6.02. The van der Waals surface area contributed by atoms with Gasteiger partial charge in [-0.05, 0) is 42.3 Å². The van der Waals surface area contributed by atoms with Crippen molar-refractivity contribution in [2.24, 2.45) is 0 Å². The largest absolute Gasteiger partial charge is 0.326 e. The number of anilines is 2. The standard InChI is InChI=1S/C21H19ClN2O3S/c22-19-11-4-5-12-20(19)24-28(26,27)18-10-6-9-17(15-18)23-21(25)14-13-16-7-2-1-3-8-16/h1-12,15,24H,13-14H2,(H,23,25). The Labute approximate surface area is 169 Å². The van der Waals surface area contributed by atoms with Crippen molar-refractivity contribution in [3.05, 3.63) is 89.4 Å². The van der Waals surface area contributed by atoms with Gasteiger partial charge in [0.05, 0.1) is 15.6 Å². The molecule has 0 radical (unpaired) electrons. The van der Waals surface area contributed by atoms with E-state index in [1.54, 1.807) is 36.4 Å². The van der Waals surface area contributed by atoms with Crippen molar-refractivity contribution in [2.75, 3.05) is 10.0 Å². The van der Waals surface area contributed by atoms with Crippen molar-refractivity contribution in [1.29, 1.82) is 0 Å². The van der Waals surface area contributed by atoms with Gasteiger partial charge >= 0.3 is 0 Å². The molecule has 1 amide bonds. The van der Waals surface area contributed by atoms with E-state index < -0.39 is 10.0 Å². The van der Waals surface area contributed by atoms with Crippen LogP contribution in [0.3, 0.4) is 0 Å². The van der Waals surface area contributed by atoms with Crippen LogP contribution in [-0.4, -0.2) is 14.3 Å². The van der Waals surface area contributed by atoms with Gasteiger partial charge in [-0.25, -0.2) is 8.42 Å². The average Bonchev–Trinajstić information content (AvgIpc) is 2.69. The Balaban J connectivity index is 1.67. The van der Waals surface area contributed by atoms with E-state index in [1.807, 2.05) is 30.3 Å². The first kappa shape index (κ1) is 19.9. The molecule has 3 aromatic rings. The Morgan fingerprint density at radius 2 is 1.61 bits per heavy atom. The van der Waals surface area contributed by atoms with Crippen molar-refractivity contribution in [3.8, 4) is 0 Å². The summed E-state index contributed by atoms with van der Waals surface area (Å²) < 4.78 is 27.7. The Hall–Kier alpha value is -2.83. The Morgan fingerprint density at radius 1 is 0.893 bits per heavy atom. The second-order valence-corrected chi connectivity index (χ2v) is 8.24. The number of halogens is 1. The summed E-state index contributed by atoms with van der Waals surface area (Å²) in [5, 5.41) is 3.04. The second-order valence-electron chi connectivity index (χ2n) is 6.15. The molecule has 0 bridgehead atoms. The van der Waals surface area contributed by atoms with Gasteiger partial charge in [0.1, 0.15) is 0 Å². The van der Waals surface area contributed by atoms with Crippen LogP contribution in [0.5, 0.6) is 0 Å². The molecule has 0 fully saturated rings. The fraction of sp³-hybridized carbons (Fsp3) is 0.0952. The molecule has 7 heteroatoms. The number of rotatable bonds is 7. The summed E-state index contributed by atoms with van der Waals surface area (Å²) in [6.07, 6.45) is 0.914. The fourth-order valence-electron chi connectivity index (χ4n) is 2.61. The smallest absolute Gasteiger partial charge is 0.262 e.